The third kappa shape index (κ3) is 6.21. The number of hydrogen-bond donors (Lipinski definition) is 0. The largest absolute Gasteiger partial charge is 0.309 e. The zero-order valence-electron chi connectivity index (χ0n) is 35.8. The zero-order valence-corrected chi connectivity index (χ0v) is 35.8. The van der Waals surface area contributed by atoms with Crippen LogP contribution < -0.4 is 0 Å². The van der Waals surface area contributed by atoms with Gasteiger partial charge in [0.25, 0.3) is 0 Å². The fourth-order valence-corrected chi connectivity index (χ4v) is 9.89. The Morgan fingerprint density at radius 2 is 0.742 bits per heavy atom. The van der Waals surface area contributed by atoms with E-state index in [4.69, 9.17) is 15.0 Å². The summed E-state index contributed by atoms with van der Waals surface area (Å²) < 4.78 is 4.78. The molecule has 0 saturated carbocycles. The first-order chi connectivity index (χ1) is 32.7. The van der Waals surface area contributed by atoms with E-state index in [0.29, 0.717) is 17.5 Å². The van der Waals surface area contributed by atoms with E-state index in [1.807, 2.05) is 18.2 Å². The van der Waals surface area contributed by atoms with Crippen LogP contribution in [0.15, 0.2) is 237 Å². The molecule has 0 bridgehead atoms. The molecule has 66 heavy (non-hydrogen) atoms. The summed E-state index contributed by atoms with van der Waals surface area (Å²) in [5, 5.41) is 7.15. The highest BCUT2D eigenvalue weighted by atomic mass is 15.0. The lowest BCUT2D eigenvalue weighted by Gasteiger charge is -2.20. The van der Waals surface area contributed by atoms with Crippen molar-refractivity contribution >= 4 is 54.4 Å². The summed E-state index contributed by atoms with van der Waals surface area (Å²) in [6.45, 7) is 0. The van der Waals surface area contributed by atoms with Crippen LogP contribution in [0.5, 0.6) is 0 Å². The van der Waals surface area contributed by atoms with Gasteiger partial charge in [0, 0.05) is 49.5 Å². The molecule has 0 saturated heterocycles. The van der Waals surface area contributed by atoms with Crippen LogP contribution in [0.2, 0.25) is 0 Å². The Morgan fingerprint density at radius 1 is 0.258 bits per heavy atom. The second-order valence-corrected chi connectivity index (χ2v) is 16.8. The number of fused-ring (bicyclic) bond motifs is 7. The van der Waals surface area contributed by atoms with E-state index in [0.717, 1.165) is 77.8 Å². The monoisotopic (exact) mass is 841 g/mol. The third-order valence-corrected chi connectivity index (χ3v) is 12.9. The molecule has 308 valence electrons. The highest BCUT2D eigenvalue weighted by Gasteiger charge is 2.23. The van der Waals surface area contributed by atoms with E-state index < -0.39 is 0 Å². The van der Waals surface area contributed by atoms with E-state index >= 15 is 0 Å². The van der Waals surface area contributed by atoms with Gasteiger partial charge in [-0.3, -0.25) is 0 Å². The second kappa shape index (κ2) is 15.4. The summed E-state index contributed by atoms with van der Waals surface area (Å²) in [7, 11) is 0. The molecule has 13 rings (SSSR count). The summed E-state index contributed by atoms with van der Waals surface area (Å²) in [5.74, 6) is 1.82. The average Bonchev–Trinajstić information content (AvgIpc) is 3.90. The van der Waals surface area contributed by atoms with Crippen molar-refractivity contribution in [2.24, 2.45) is 0 Å². The summed E-state index contributed by atoms with van der Waals surface area (Å²) >= 11 is 0. The quantitative estimate of drug-likeness (QED) is 0.161. The Labute approximate surface area is 381 Å². The van der Waals surface area contributed by atoms with Crippen LogP contribution in [-0.4, -0.2) is 24.1 Å². The normalized spacial score (nSPS) is 11.6. The van der Waals surface area contributed by atoms with Crippen molar-refractivity contribution < 1.29 is 0 Å². The fourth-order valence-electron chi connectivity index (χ4n) is 9.89. The van der Waals surface area contributed by atoms with E-state index in [-0.39, 0.29) is 0 Å². The minimum atomic E-state index is 0.599. The molecule has 10 aromatic carbocycles. The molecule has 0 fully saturated rings. The van der Waals surface area contributed by atoms with Gasteiger partial charge in [-0.15, -0.1) is 0 Å². The maximum atomic E-state index is 5.46. The summed E-state index contributed by atoms with van der Waals surface area (Å²) in [4.78, 5) is 16.1. The van der Waals surface area contributed by atoms with Crippen molar-refractivity contribution in [3.63, 3.8) is 0 Å². The van der Waals surface area contributed by atoms with E-state index in [1.165, 1.54) is 26.9 Å². The van der Waals surface area contributed by atoms with Gasteiger partial charge in [-0.1, -0.05) is 170 Å². The van der Waals surface area contributed by atoms with Gasteiger partial charge in [0.1, 0.15) is 0 Å². The molecular weight excluding hydrogens is 803 g/mol. The molecule has 0 atom stereocenters. The number of benzene rings is 10. The predicted octanol–water partition coefficient (Wildman–Crippen LogP) is 15.6. The number of nitrogens with zero attached hydrogens (tertiary/aromatic N) is 5. The molecule has 5 heteroatoms. The lowest BCUT2D eigenvalue weighted by Crippen LogP contribution is -2.04. The van der Waals surface area contributed by atoms with Crippen molar-refractivity contribution in [3.8, 4) is 67.8 Å². The molecular formula is C61H39N5. The first-order valence-corrected chi connectivity index (χ1v) is 22.4. The molecule has 0 unspecified atom stereocenters. The Bertz CT molecular complexity index is 3970. The number of rotatable bonds is 7. The molecule has 0 aliphatic carbocycles. The van der Waals surface area contributed by atoms with Gasteiger partial charge in [0.05, 0.1) is 27.8 Å². The van der Waals surface area contributed by atoms with Crippen molar-refractivity contribution in [2.75, 3.05) is 0 Å². The van der Waals surface area contributed by atoms with Crippen molar-refractivity contribution in [1.82, 2.24) is 24.1 Å². The van der Waals surface area contributed by atoms with E-state index in [9.17, 15) is 0 Å². The Hall–Kier alpha value is -8.93. The predicted molar refractivity (Wildman–Crippen MR) is 273 cm³/mol. The molecule has 0 amide bonds. The zero-order chi connectivity index (χ0) is 43.6. The van der Waals surface area contributed by atoms with Gasteiger partial charge < -0.3 is 9.13 Å². The lowest BCUT2D eigenvalue weighted by molar-refractivity contribution is 1.07. The first-order valence-electron chi connectivity index (χ1n) is 22.4. The average molecular weight is 842 g/mol. The first kappa shape index (κ1) is 37.6. The molecule has 0 radical (unpaired) electrons. The van der Waals surface area contributed by atoms with Gasteiger partial charge >= 0.3 is 0 Å². The van der Waals surface area contributed by atoms with Gasteiger partial charge in [0.2, 0.25) is 0 Å². The van der Waals surface area contributed by atoms with Crippen LogP contribution in [-0.2, 0) is 0 Å². The Morgan fingerprint density at radius 3 is 1.41 bits per heavy atom. The minimum Gasteiger partial charge on any atom is -0.309 e. The van der Waals surface area contributed by atoms with Crippen molar-refractivity contribution in [3.05, 3.63) is 237 Å². The molecule has 0 spiro atoms. The molecule has 3 aromatic heterocycles. The summed E-state index contributed by atoms with van der Waals surface area (Å²) in [5.41, 5.74) is 13.8. The summed E-state index contributed by atoms with van der Waals surface area (Å²) in [6, 6.07) is 84.1. The maximum Gasteiger partial charge on any atom is 0.164 e. The summed E-state index contributed by atoms with van der Waals surface area (Å²) in [6.07, 6.45) is 0. The van der Waals surface area contributed by atoms with Gasteiger partial charge in [-0.25, -0.2) is 15.0 Å². The number of aromatic nitrogens is 5. The highest BCUT2D eigenvalue weighted by molar-refractivity contribution is 6.14. The smallest absolute Gasteiger partial charge is 0.164 e. The Kier molecular flexibility index (Phi) is 8.78. The highest BCUT2D eigenvalue weighted by Crippen LogP contribution is 2.44. The van der Waals surface area contributed by atoms with Gasteiger partial charge in [0.15, 0.2) is 17.5 Å². The van der Waals surface area contributed by atoms with Crippen molar-refractivity contribution in [2.45, 2.75) is 0 Å². The Balaban J connectivity index is 1.10. The third-order valence-electron chi connectivity index (χ3n) is 12.9. The molecule has 0 N–H and O–H groups in total. The maximum absolute atomic E-state index is 5.46. The van der Waals surface area contributed by atoms with Gasteiger partial charge in [-0.2, -0.15) is 0 Å². The molecule has 0 aliphatic heterocycles. The second-order valence-electron chi connectivity index (χ2n) is 16.8. The standard InChI is InChI=1S/C61H39N5/c1-5-19-40(20-6-1)49-39-58(66-55-32-18-16-30-48(55)52-35-43-25-13-14-26-44(43)37-57(52)66)50(41-21-7-2-8-22-41)38-53(49)61-63-59(42-23-9-3-10-24-42)62-60(64-61)45-33-34-56-51(36-45)47-29-15-17-31-54(47)65(56)46-27-11-4-12-28-46/h1-39H. The SMILES string of the molecule is c1ccc(-c2nc(-c3ccc4c(c3)c3ccccc3n4-c3ccccc3)nc(-c3cc(-c4ccccc4)c(-n4c5ccccc5c5cc6ccccc6cc54)cc3-c3ccccc3)n2)cc1. The molecule has 5 nitrogen and oxygen atoms in total. The van der Waals surface area contributed by atoms with Gasteiger partial charge in [-0.05, 0) is 94.2 Å². The van der Waals surface area contributed by atoms with Crippen LogP contribution >= 0.6 is 0 Å². The van der Waals surface area contributed by atoms with E-state index in [2.05, 4.69) is 228 Å². The lowest BCUT2D eigenvalue weighted by atomic mass is 9.92. The fraction of sp³-hybridized carbons (Fsp3) is 0. The molecule has 13 aromatic rings. The van der Waals surface area contributed by atoms with Crippen LogP contribution in [0, 0.1) is 0 Å². The molecule has 0 aliphatic rings. The molecule has 3 heterocycles. The van der Waals surface area contributed by atoms with Crippen LogP contribution in [0.25, 0.3) is 122 Å². The topological polar surface area (TPSA) is 48.5 Å². The van der Waals surface area contributed by atoms with Crippen LogP contribution in [0.3, 0.4) is 0 Å². The van der Waals surface area contributed by atoms with E-state index in [1.54, 1.807) is 0 Å². The van der Waals surface area contributed by atoms with Crippen LogP contribution in [0.4, 0.5) is 0 Å². The van der Waals surface area contributed by atoms with Crippen LogP contribution in [0.1, 0.15) is 0 Å². The number of hydrogen-bond acceptors (Lipinski definition) is 3. The number of para-hydroxylation sites is 3. The minimum absolute atomic E-state index is 0.599. The van der Waals surface area contributed by atoms with Crippen molar-refractivity contribution in [1.29, 1.82) is 0 Å².